The van der Waals surface area contributed by atoms with Crippen LogP contribution >= 0.6 is 0 Å². The molecule has 2 heterocycles. The van der Waals surface area contributed by atoms with E-state index >= 15 is 0 Å². The van der Waals surface area contributed by atoms with Crippen LogP contribution < -0.4 is 9.55 Å². The summed E-state index contributed by atoms with van der Waals surface area (Å²) in [6.45, 7) is 0.906. The predicted octanol–water partition coefficient (Wildman–Crippen LogP) is 2.50. The van der Waals surface area contributed by atoms with Crippen LogP contribution in [0.1, 0.15) is 5.56 Å². The molecule has 0 saturated carbocycles. The standard InChI is InChI=1S/C17H15N2/c1-2-4-15(5-3-1)14-19-12-8-17(9-13-19)16-6-10-18-11-7-16/h1-13H,14H2/q+1/p+1. The Hall–Kier alpha value is -2.48. The zero-order valence-electron chi connectivity index (χ0n) is 10.7. The normalized spacial score (nSPS) is 10.3. The Labute approximate surface area is 113 Å². The van der Waals surface area contributed by atoms with Crippen LogP contribution in [0, 0.1) is 0 Å². The van der Waals surface area contributed by atoms with Crippen molar-refractivity contribution in [1.29, 1.82) is 0 Å². The Bertz CT molecular complexity index is 631. The van der Waals surface area contributed by atoms with E-state index < -0.39 is 0 Å². The number of hydrogen-bond donors (Lipinski definition) is 0. The fraction of sp³-hybridized carbons (Fsp3) is 0.0588. The number of benzene rings is 1. The minimum atomic E-state index is 0.906. The van der Waals surface area contributed by atoms with Crippen LogP contribution in [-0.2, 0) is 6.54 Å². The van der Waals surface area contributed by atoms with Gasteiger partial charge in [0.2, 0.25) is 0 Å². The summed E-state index contributed by atoms with van der Waals surface area (Å²) in [5, 5.41) is 0. The van der Waals surface area contributed by atoms with Crippen molar-refractivity contribution < 1.29 is 9.55 Å². The van der Waals surface area contributed by atoms with E-state index in [1.807, 2.05) is 18.5 Å². The van der Waals surface area contributed by atoms with Crippen LogP contribution in [0.15, 0.2) is 79.4 Å². The molecule has 3 rings (SSSR count). The van der Waals surface area contributed by atoms with Gasteiger partial charge in [-0.2, -0.15) is 0 Å². The van der Waals surface area contributed by atoms with Crippen LogP contribution in [0.5, 0.6) is 0 Å². The molecule has 0 saturated heterocycles. The lowest BCUT2D eigenvalue weighted by atomic mass is 10.1. The Morgan fingerprint density at radius 1 is 0.737 bits per heavy atom. The summed E-state index contributed by atoms with van der Waals surface area (Å²) in [5.74, 6) is 0. The van der Waals surface area contributed by atoms with E-state index in [1.54, 1.807) is 0 Å². The second kappa shape index (κ2) is 5.44. The molecule has 92 valence electrons. The van der Waals surface area contributed by atoms with Crippen molar-refractivity contribution in [2.75, 3.05) is 0 Å². The highest BCUT2D eigenvalue weighted by molar-refractivity contribution is 5.60. The van der Waals surface area contributed by atoms with Gasteiger partial charge in [0, 0.05) is 29.8 Å². The number of H-pyrrole nitrogens is 1. The van der Waals surface area contributed by atoms with Gasteiger partial charge in [-0.05, 0) is 11.1 Å². The number of aromatic nitrogens is 2. The second-order valence-corrected chi connectivity index (χ2v) is 4.53. The summed E-state index contributed by atoms with van der Waals surface area (Å²) in [5.41, 5.74) is 3.78. The van der Waals surface area contributed by atoms with E-state index in [2.05, 4.69) is 70.5 Å². The maximum atomic E-state index is 3.04. The lowest BCUT2D eigenvalue weighted by Gasteiger charge is -2.00. The van der Waals surface area contributed by atoms with E-state index in [0.29, 0.717) is 0 Å². The number of pyridine rings is 2. The third-order valence-corrected chi connectivity index (χ3v) is 3.15. The molecule has 0 unspecified atom stereocenters. The highest BCUT2D eigenvalue weighted by Gasteiger charge is 2.04. The molecule has 0 bridgehead atoms. The first-order valence-electron chi connectivity index (χ1n) is 6.41. The zero-order chi connectivity index (χ0) is 12.9. The van der Waals surface area contributed by atoms with Crippen molar-refractivity contribution in [2.45, 2.75) is 6.54 Å². The van der Waals surface area contributed by atoms with E-state index in [-0.39, 0.29) is 0 Å². The molecule has 2 aromatic heterocycles. The van der Waals surface area contributed by atoms with Crippen molar-refractivity contribution in [3.8, 4) is 11.1 Å². The first-order chi connectivity index (χ1) is 9.42. The van der Waals surface area contributed by atoms with Gasteiger partial charge >= 0.3 is 0 Å². The number of nitrogens with zero attached hydrogens (tertiary/aromatic N) is 1. The molecule has 1 N–H and O–H groups in total. The fourth-order valence-electron chi connectivity index (χ4n) is 2.13. The minimum absolute atomic E-state index is 0.906. The summed E-state index contributed by atoms with van der Waals surface area (Å²) in [4.78, 5) is 3.04. The molecule has 3 aromatic rings. The first-order valence-corrected chi connectivity index (χ1v) is 6.41. The molecular formula is C17H16N2+2. The molecular weight excluding hydrogens is 232 g/mol. The third-order valence-electron chi connectivity index (χ3n) is 3.15. The summed E-state index contributed by atoms with van der Waals surface area (Å²) < 4.78 is 2.19. The third kappa shape index (κ3) is 2.86. The molecule has 19 heavy (non-hydrogen) atoms. The molecule has 2 heteroatoms. The summed E-state index contributed by atoms with van der Waals surface area (Å²) in [7, 11) is 0. The number of hydrogen-bond acceptors (Lipinski definition) is 0. The average Bonchev–Trinajstić information content (AvgIpc) is 2.50. The Morgan fingerprint density at radius 3 is 2.05 bits per heavy atom. The van der Waals surface area contributed by atoms with Gasteiger partial charge in [0.25, 0.3) is 0 Å². The molecule has 0 amide bonds. The van der Waals surface area contributed by atoms with Crippen LogP contribution in [0.25, 0.3) is 11.1 Å². The van der Waals surface area contributed by atoms with Gasteiger partial charge in [-0.3, -0.25) is 0 Å². The van der Waals surface area contributed by atoms with Crippen LogP contribution in [0.4, 0.5) is 0 Å². The lowest BCUT2D eigenvalue weighted by molar-refractivity contribution is -0.688. The van der Waals surface area contributed by atoms with Gasteiger partial charge in [-0.1, -0.05) is 30.3 Å². The van der Waals surface area contributed by atoms with E-state index in [1.165, 1.54) is 16.7 Å². The maximum Gasteiger partial charge on any atom is 0.173 e. The summed E-state index contributed by atoms with van der Waals surface area (Å²) in [6.07, 6.45) is 8.14. The SMILES string of the molecule is c1ccc(C[n+]2ccc(-c3cc[nH+]cc3)cc2)cc1. The average molecular weight is 248 g/mol. The topological polar surface area (TPSA) is 18.0 Å². The second-order valence-electron chi connectivity index (χ2n) is 4.53. The molecule has 2 nitrogen and oxygen atoms in total. The lowest BCUT2D eigenvalue weighted by Crippen LogP contribution is -2.32. The molecule has 0 aliphatic rings. The van der Waals surface area contributed by atoms with Gasteiger partial charge in [0.15, 0.2) is 31.3 Å². The Balaban J connectivity index is 1.80. The summed E-state index contributed by atoms with van der Waals surface area (Å²) >= 11 is 0. The molecule has 0 atom stereocenters. The van der Waals surface area contributed by atoms with Gasteiger partial charge < -0.3 is 0 Å². The van der Waals surface area contributed by atoms with Gasteiger partial charge in [-0.25, -0.2) is 9.55 Å². The monoisotopic (exact) mass is 248 g/mol. The van der Waals surface area contributed by atoms with Crippen molar-refractivity contribution in [1.82, 2.24) is 0 Å². The number of nitrogens with one attached hydrogen (secondary N) is 1. The maximum absolute atomic E-state index is 3.04. The van der Waals surface area contributed by atoms with Crippen LogP contribution in [0.2, 0.25) is 0 Å². The van der Waals surface area contributed by atoms with Crippen LogP contribution in [0.3, 0.4) is 0 Å². The fourth-order valence-corrected chi connectivity index (χ4v) is 2.13. The molecule has 1 aromatic carbocycles. The van der Waals surface area contributed by atoms with E-state index in [0.717, 1.165) is 6.54 Å². The van der Waals surface area contributed by atoms with E-state index in [9.17, 15) is 0 Å². The van der Waals surface area contributed by atoms with Gasteiger partial charge in [-0.15, -0.1) is 0 Å². The smallest absolute Gasteiger partial charge is 0.173 e. The predicted molar refractivity (Wildman–Crippen MR) is 74.2 cm³/mol. The Morgan fingerprint density at radius 2 is 1.37 bits per heavy atom. The van der Waals surface area contributed by atoms with Crippen molar-refractivity contribution in [3.63, 3.8) is 0 Å². The molecule has 0 fully saturated rings. The molecule has 0 aliphatic heterocycles. The highest BCUT2D eigenvalue weighted by Crippen LogP contribution is 2.15. The van der Waals surface area contributed by atoms with Gasteiger partial charge in [0.1, 0.15) is 0 Å². The summed E-state index contributed by atoms with van der Waals surface area (Å²) in [6, 6.07) is 18.9. The van der Waals surface area contributed by atoms with Crippen molar-refractivity contribution >= 4 is 0 Å². The zero-order valence-corrected chi connectivity index (χ0v) is 10.7. The van der Waals surface area contributed by atoms with Crippen molar-refractivity contribution in [3.05, 3.63) is 84.9 Å². The first kappa shape index (κ1) is 11.6. The van der Waals surface area contributed by atoms with Gasteiger partial charge in [0.05, 0.1) is 0 Å². The molecule has 0 aliphatic carbocycles. The number of rotatable bonds is 3. The van der Waals surface area contributed by atoms with E-state index in [4.69, 9.17) is 0 Å². The number of aromatic amines is 1. The highest BCUT2D eigenvalue weighted by atomic mass is 14.9. The molecule has 0 radical (unpaired) electrons. The quantitative estimate of drug-likeness (QED) is 0.634. The molecule has 0 spiro atoms. The minimum Gasteiger partial charge on any atom is -0.218 e. The Kier molecular flexibility index (Phi) is 3.32. The largest absolute Gasteiger partial charge is 0.218 e. The van der Waals surface area contributed by atoms with Crippen LogP contribution in [-0.4, -0.2) is 0 Å². The van der Waals surface area contributed by atoms with Crippen molar-refractivity contribution in [2.24, 2.45) is 0 Å².